The lowest BCUT2D eigenvalue weighted by Crippen LogP contribution is -2.51. The Labute approximate surface area is 173 Å². The number of piperidine rings is 1. The van der Waals surface area contributed by atoms with E-state index in [9.17, 15) is 9.59 Å². The molecule has 0 bridgehead atoms. The maximum atomic E-state index is 12.6. The van der Waals surface area contributed by atoms with Crippen molar-refractivity contribution in [3.8, 4) is 0 Å². The van der Waals surface area contributed by atoms with Crippen LogP contribution in [-0.2, 0) is 36.2 Å². The second-order valence-corrected chi connectivity index (χ2v) is 8.59. The van der Waals surface area contributed by atoms with E-state index in [4.69, 9.17) is 4.74 Å². The third-order valence-corrected chi connectivity index (χ3v) is 6.47. The molecule has 5 rings (SSSR count). The van der Waals surface area contributed by atoms with Gasteiger partial charge in [-0.1, -0.05) is 0 Å². The van der Waals surface area contributed by atoms with Crippen LogP contribution in [0.5, 0.6) is 0 Å². The van der Waals surface area contributed by atoms with Gasteiger partial charge in [-0.05, 0) is 42.0 Å². The van der Waals surface area contributed by atoms with Crippen LogP contribution in [0, 0.1) is 5.92 Å². The molecule has 2 aromatic heterocycles. The number of likely N-dealkylation sites (tertiary alicyclic amines) is 1. The highest BCUT2D eigenvalue weighted by atomic mass is 16.5. The first-order chi connectivity index (χ1) is 14.5. The molecule has 2 aromatic rings. The van der Waals surface area contributed by atoms with Crippen molar-refractivity contribution >= 4 is 11.8 Å². The fourth-order valence-electron chi connectivity index (χ4n) is 4.36. The monoisotopic (exact) mass is 414 g/mol. The largest absolute Gasteiger partial charge is 0.370 e. The molecular weight excluding hydrogens is 388 g/mol. The van der Waals surface area contributed by atoms with Crippen LogP contribution in [-0.4, -0.2) is 71.9 Å². The summed E-state index contributed by atoms with van der Waals surface area (Å²) in [5, 5.41) is 18.4. The maximum Gasteiger partial charge on any atom is 0.272 e. The normalized spacial score (nSPS) is 20.2. The predicted molar refractivity (Wildman–Crippen MR) is 103 cm³/mol. The Morgan fingerprint density at radius 3 is 2.80 bits per heavy atom. The van der Waals surface area contributed by atoms with Crippen LogP contribution in [0.25, 0.3) is 0 Å². The quantitative estimate of drug-likeness (QED) is 0.712. The number of fused-ring (bicyclic) bond motifs is 1. The van der Waals surface area contributed by atoms with Gasteiger partial charge in [0.1, 0.15) is 12.9 Å². The highest BCUT2D eigenvalue weighted by molar-refractivity contribution is 5.94. The molecule has 2 amide bonds. The van der Waals surface area contributed by atoms with Crippen molar-refractivity contribution in [1.29, 1.82) is 0 Å². The van der Waals surface area contributed by atoms with Crippen molar-refractivity contribution in [3.05, 3.63) is 23.3 Å². The number of nitrogens with zero attached hydrogens (tertiary/aromatic N) is 7. The highest BCUT2D eigenvalue weighted by Crippen LogP contribution is 2.37. The van der Waals surface area contributed by atoms with Crippen LogP contribution in [0.4, 0.5) is 0 Å². The van der Waals surface area contributed by atoms with Crippen LogP contribution in [0.3, 0.4) is 0 Å². The lowest BCUT2D eigenvalue weighted by Gasteiger charge is -2.43. The molecule has 0 radical (unpaired) electrons. The van der Waals surface area contributed by atoms with Gasteiger partial charge < -0.3 is 15.0 Å². The Balaban J connectivity index is 1.22. The van der Waals surface area contributed by atoms with Gasteiger partial charge in [-0.2, -0.15) is 5.10 Å². The van der Waals surface area contributed by atoms with Gasteiger partial charge in [0.2, 0.25) is 5.91 Å². The molecular formula is C19H26N8O3. The van der Waals surface area contributed by atoms with Crippen LogP contribution >= 0.6 is 0 Å². The van der Waals surface area contributed by atoms with Crippen LogP contribution in [0.15, 0.2) is 6.33 Å². The number of rotatable bonds is 5. The summed E-state index contributed by atoms with van der Waals surface area (Å²) < 4.78 is 9.55. The molecule has 1 N–H and O–H groups in total. The van der Waals surface area contributed by atoms with E-state index in [0.29, 0.717) is 37.7 Å². The average molecular weight is 414 g/mol. The number of ether oxygens (including phenoxy) is 1. The molecule has 0 atom stereocenters. The second kappa shape index (κ2) is 7.46. The van der Waals surface area contributed by atoms with Crippen LogP contribution < -0.4 is 5.32 Å². The lowest BCUT2D eigenvalue weighted by molar-refractivity contribution is -0.142. The molecule has 1 spiro atoms. The highest BCUT2D eigenvalue weighted by Gasteiger charge is 2.42. The number of aromatic nitrogens is 6. The fourth-order valence-corrected chi connectivity index (χ4v) is 4.36. The summed E-state index contributed by atoms with van der Waals surface area (Å²) in [6, 6.07) is 0. The average Bonchev–Trinajstić information content (AvgIpc) is 3.34. The molecule has 1 aliphatic carbocycles. The van der Waals surface area contributed by atoms with Crippen molar-refractivity contribution in [2.24, 2.45) is 13.0 Å². The molecule has 0 unspecified atom stereocenters. The molecule has 11 heteroatoms. The zero-order chi connectivity index (χ0) is 20.7. The number of hydrogen-bond acceptors (Lipinski definition) is 7. The van der Waals surface area contributed by atoms with Gasteiger partial charge in [-0.25, -0.2) is 4.68 Å². The summed E-state index contributed by atoms with van der Waals surface area (Å²) >= 11 is 0. The fraction of sp³-hybridized carbons (Fsp3) is 0.684. The van der Waals surface area contributed by atoms with Gasteiger partial charge in [0.15, 0.2) is 5.69 Å². The summed E-state index contributed by atoms with van der Waals surface area (Å²) in [6.45, 7) is 2.51. The molecule has 1 saturated carbocycles. The topological polar surface area (TPSA) is 120 Å². The standard InChI is InChI=1S/C19H26N8O3/c1-25-15-8-19(4-6-26(7-5-19)16(28)10-27-12-21-23-24-27)30-11-14(15)17(22-25)18(29)20-9-13-2-3-13/h12-13H,2-11H2,1H3,(H,20,29). The third kappa shape index (κ3) is 3.69. The van der Waals surface area contributed by atoms with E-state index in [1.54, 1.807) is 0 Å². The lowest BCUT2D eigenvalue weighted by atomic mass is 9.83. The molecule has 4 heterocycles. The number of tetrazole rings is 1. The first kappa shape index (κ1) is 19.2. The van der Waals surface area contributed by atoms with E-state index >= 15 is 0 Å². The minimum Gasteiger partial charge on any atom is -0.370 e. The van der Waals surface area contributed by atoms with Gasteiger partial charge in [0.25, 0.3) is 5.91 Å². The minimum atomic E-state index is -0.311. The molecule has 11 nitrogen and oxygen atoms in total. The van der Waals surface area contributed by atoms with E-state index < -0.39 is 0 Å². The minimum absolute atomic E-state index is 0.00352. The Kier molecular flexibility index (Phi) is 4.76. The maximum absolute atomic E-state index is 12.6. The molecule has 160 valence electrons. The molecule has 30 heavy (non-hydrogen) atoms. The Morgan fingerprint density at radius 2 is 2.10 bits per heavy atom. The summed E-state index contributed by atoms with van der Waals surface area (Å²) in [4.78, 5) is 26.9. The zero-order valence-electron chi connectivity index (χ0n) is 17.1. The molecule has 2 aliphatic heterocycles. The number of aryl methyl sites for hydroxylation is 1. The van der Waals surface area contributed by atoms with E-state index in [1.807, 2.05) is 16.6 Å². The number of carbonyl (C=O) groups is 2. The summed E-state index contributed by atoms with van der Waals surface area (Å²) in [7, 11) is 1.89. The number of carbonyl (C=O) groups excluding carboxylic acids is 2. The summed E-state index contributed by atoms with van der Waals surface area (Å²) in [5.41, 5.74) is 2.13. The van der Waals surface area contributed by atoms with E-state index in [-0.39, 0.29) is 24.0 Å². The molecule has 1 saturated heterocycles. The van der Waals surface area contributed by atoms with E-state index in [2.05, 4.69) is 25.9 Å². The SMILES string of the molecule is Cn1nc(C(=O)NCC2CC2)c2c1CC1(CCN(C(=O)Cn3cnnn3)CC1)OC2. The van der Waals surface area contributed by atoms with Crippen molar-refractivity contribution in [1.82, 2.24) is 40.2 Å². The van der Waals surface area contributed by atoms with Crippen molar-refractivity contribution in [3.63, 3.8) is 0 Å². The third-order valence-electron chi connectivity index (χ3n) is 6.47. The second-order valence-electron chi connectivity index (χ2n) is 8.59. The molecule has 3 aliphatic rings. The van der Waals surface area contributed by atoms with Gasteiger partial charge >= 0.3 is 0 Å². The number of hydrogen-bond donors (Lipinski definition) is 1. The summed E-state index contributed by atoms with van der Waals surface area (Å²) in [5.74, 6) is 0.520. The van der Waals surface area contributed by atoms with Crippen LogP contribution in [0.1, 0.15) is 47.4 Å². The van der Waals surface area contributed by atoms with Gasteiger partial charge in [0.05, 0.1) is 12.2 Å². The Morgan fingerprint density at radius 1 is 1.30 bits per heavy atom. The molecule has 2 fully saturated rings. The van der Waals surface area contributed by atoms with Crippen molar-refractivity contribution < 1.29 is 14.3 Å². The summed E-state index contributed by atoms with van der Waals surface area (Å²) in [6.07, 6.45) is 6.04. The zero-order valence-corrected chi connectivity index (χ0v) is 17.1. The Hall–Kier alpha value is -2.82. The molecule has 0 aromatic carbocycles. The number of nitrogens with one attached hydrogen (secondary N) is 1. The van der Waals surface area contributed by atoms with E-state index in [1.165, 1.54) is 23.9 Å². The Bertz CT molecular complexity index is 941. The van der Waals surface area contributed by atoms with Gasteiger partial charge in [-0.15, -0.1) is 5.10 Å². The van der Waals surface area contributed by atoms with E-state index in [0.717, 1.165) is 30.6 Å². The predicted octanol–water partition coefficient (Wildman–Crippen LogP) is -0.319. The first-order valence-corrected chi connectivity index (χ1v) is 10.5. The van der Waals surface area contributed by atoms with Gasteiger partial charge in [-0.3, -0.25) is 14.3 Å². The first-order valence-electron chi connectivity index (χ1n) is 10.5. The van der Waals surface area contributed by atoms with Crippen molar-refractivity contribution in [2.75, 3.05) is 19.6 Å². The van der Waals surface area contributed by atoms with Crippen molar-refractivity contribution in [2.45, 2.75) is 50.9 Å². The smallest absolute Gasteiger partial charge is 0.272 e. The van der Waals surface area contributed by atoms with Gasteiger partial charge in [0, 0.05) is 44.4 Å². The number of amides is 2. The van der Waals surface area contributed by atoms with Crippen LogP contribution in [0.2, 0.25) is 0 Å².